The molecular weight excluding hydrogens is 228 g/mol. The molecule has 4 nitrogen and oxygen atoms in total. The molecule has 0 aliphatic carbocycles. The van der Waals surface area contributed by atoms with Crippen LogP contribution >= 0.6 is 0 Å². The monoisotopic (exact) mass is 256 g/mol. The minimum absolute atomic E-state index is 0.111. The summed E-state index contributed by atoms with van der Waals surface area (Å²) >= 11 is 0. The van der Waals surface area contributed by atoms with Gasteiger partial charge in [0.05, 0.1) is 6.54 Å². The van der Waals surface area contributed by atoms with Crippen molar-refractivity contribution in [1.82, 2.24) is 10.6 Å². The van der Waals surface area contributed by atoms with E-state index in [1.807, 2.05) is 0 Å². The van der Waals surface area contributed by atoms with Gasteiger partial charge < -0.3 is 15.4 Å². The van der Waals surface area contributed by atoms with Gasteiger partial charge in [0, 0.05) is 25.8 Å². The molecule has 1 rings (SSSR count). The maximum Gasteiger partial charge on any atom is 0.234 e. The minimum atomic E-state index is 0.111. The molecule has 1 amide bonds. The molecule has 0 saturated carbocycles. The fourth-order valence-electron chi connectivity index (χ4n) is 2.29. The van der Waals surface area contributed by atoms with Crippen LogP contribution in [0, 0.1) is 5.41 Å². The number of ether oxygens (including phenoxy) is 1. The van der Waals surface area contributed by atoms with E-state index in [4.69, 9.17) is 4.74 Å². The Bertz CT molecular complexity index is 246. The molecule has 0 unspecified atom stereocenters. The smallest absolute Gasteiger partial charge is 0.234 e. The molecule has 0 aromatic rings. The van der Waals surface area contributed by atoms with E-state index in [1.54, 1.807) is 0 Å². The molecule has 0 spiro atoms. The van der Waals surface area contributed by atoms with Crippen LogP contribution in [-0.4, -0.2) is 38.3 Å². The average molecular weight is 256 g/mol. The zero-order chi connectivity index (χ0) is 13.4. The number of carbonyl (C=O) groups excluding carboxylic acids is 1. The molecule has 0 bridgehead atoms. The first-order valence-corrected chi connectivity index (χ1v) is 7.17. The van der Waals surface area contributed by atoms with Gasteiger partial charge in [-0.3, -0.25) is 4.79 Å². The van der Waals surface area contributed by atoms with Gasteiger partial charge in [0.15, 0.2) is 0 Å². The van der Waals surface area contributed by atoms with Gasteiger partial charge in [-0.15, -0.1) is 0 Å². The lowest BCUT2D eigenvalue weighted by Crippen LogP contribution is -2.43. The standard InChI is InChI=1S/C14H28N2O2/c1-4-12(5-2)16-13(17)10-15-11-14(3)6-8-18-9-7-14/h12,15H,4-11H2,1-3H3,(H,16,17). The number of amides is 1. The van der Waals surface area contributed by atoms with Crippen molar-refractivity contribution in [3.63, 3.8) is 0 Å². The third-order valence-corrected chi connectivity index (χ3v) is 3.89. The van der Waals surface area contributed by atoms with Crippen LogP contribution in [0.3, 0.4) is 0 Å². The highest BCUT2D eigenvalue weighted by molar-refractivity contribution is 5.78. The third-order valence-electron chi connectivity index (χ3n) is 3.89. The van der Waals surface area contributed by atoms with Gasteiger partial charge in [0.1, 0.15) is 0 Å². The van der Waals surface area contributed by atoms with Crippen molar-refractivity contribution in [2.45, 2.75) is 52.5 Å². The predicted octanol–water partition coefficient (Wildman–Crippen LogP) is 1.70. The van der Waals surface area contributed by atoms with Crippen LogP contribution in [0.2, 0.25) is 0 Å². The Morgan fingerprint density at radius 1 is 1.28 bits per heavy atom. The maximum atomic E-state index is 11.7. The normalized spacial score (nSPS) is 18.9. The molecule has 0 atom stereocenters. The van der Waals surface area contributed by atoms with Gasteiger partial charge in [-0.05, 0) is 31.1 Å². The largest absolute Gasteiger partial charge is 0.381 e. The first-order chi connectivity index (χ1) is 8.59. The average Bonchev–Trinajstić information content (AvgIpc) is 2.36. The fraction of sp³-hybridized carbons (Fsp3) is 0.929. The van der Waals surface area contributed by atoms with Gasteiger partial charge in [0.2, 0.25) is 5.91 Å². The SMILES string of the molecule is CCC(CC)NC(=O)CNCC1(C)CCOCC1. The number of hydrogen-bond acceptors (Lipinski definition) is 3. The summed E-state index contributed by atoms with van der Waals surface area (Å²) in [7, 11) is 0. The molecule has 1 aliphatic heterocycles. The summed E-state index contributed by atoms with van der Waals surface area (Å²) < 4.78 is 5.37. The Morgan fingerprint density at radius 2 is 1.89 bits per heavy atom. The van der Waals surface area contributed by atoms with Crippen molar-refractivity contribution >= 4 is 5.91 Å². The molecule has 1 heterocycles. The van der Waals surface area contributed by atoms with Crippen LogP contribution < -0.4 is 10.6 Å². The van der Waals surface area contributed by atoms with Crippen molar-refractivity contribution in [3.8, 4) is 0 Å². The van der Waals surface area contributed by atoms with Crippen molar-refractivity contribution in [2.75, 3.05) is 26.3 Å². The van der Waals surface area contributed by atoms with Crippen molar-refractivity contribution < 1.29 is 9.53 Å². The van der Waals surface area contributed by atoms with Crippen molar-refractivity contribution in [1.29, 1.82) is 0 Å². The molecular formula is C14H28N2O2. The first-order valence-electron chi connectivity index (χ1n) is 7.17. The molecule has 4 heteroatoms. The molecule has 0 aromatic carbocycles. The number of rotatable bonds is 7. The summed E-state index contributed by atoms with van der Waals surface area (Å²) in [5.74, 6) is 0.111. The van der Waals surface area contributed by atoms with Crippen LogP contribution in [-0.2, 0) is 9.53 Å². The number of hydrogen-bond donors (Lipinski definition) is 2. The maximum absolute atomic E-state index is 11.7. The number of carbonyl (C=O) groups is 1. The van der Waals surface area contributed by atoms with Gasteiger partial charge in [-0.25, -0.2) is 0 Å². The molecule has 2 N–H and O–H groups in total. The molecule has 0 radical (unpaired) electrons. The van der Waals surface area contributed by atoms with Crippen LogP contribution in [0.1, 0.15) is 46.5 Å². The van der Waals surface area contributed by atoms with E-state index >= 15 is 0 Å². The van der Waals surface area contributed by atoms with Gasteiger partial charge >= 0.3 is 0 Å². The molecule has 18 heavy (non-hydrogen) atoms. The van der Waals surface area contributed by atoms with E-state index in [-0.39, 0.29) is 11.3 Å². The lowest BCUT2D eigenvalue weighted by atomic mass is 9.82. The lowest BCUT2D eigenvalue weighted by molar-refractivity contribution is -0.121. The van der Waals surface area contributed by atoms with Crippen LogP contribution in [0.4, 0.5) is 0 Å². The Balaban J connectivity index is 2.18. The fourth-order valence-corrected chi connectivity index (χ4v) is 2.29. The van der Waals surface area contributed by atoms with E-state index in [9.17, 15) is 4.79 Å². The molecule has 106 valence electrons. The second-order valence-corrected chi connectivity index (χ2v) is 5.61. The van der Waals surface area contributed by atoms with E-state index in [0.29, 0.717) is 12.6 Å². The Morgan fingerprint density at radius 3 is 2.44 bits per heavy atom. The van der Waals surface area contributed by atoms with E-state index in [2.05, 4.69) is 31.4 Å². The third kappa shape index (κ3) is 5.36. The summed E-state index contributed by atoms with van der Waals surface area (Å²) in [5, 5.41) is 6.32. The summed E-state index contributed by atoms with van der Waals surface area (Å²) in [5.41, 5.74) is 0.285. The minimum Gasteiger partial charge on any atom is -0.381 e. The lowest BCUT2D eigenvalue weighted by Gasteiger charge is -2.33. The quantitative estimate of drug-likeness (QED) is 0.729. The number of nitrogens with one attached hydrogen (secondary N) is 2. The predicted molar refractivity (Wildman–Crippen MR) is 73.5 cm³/mol. The van der Waals surface area contributed by atoms with E-state index in [1.165, 1.54) is 0 Å². The molecule has 1 aliphatic rings. The van der Waals surface area contributed by atoms with E-state index < -0.39 is 0 Å². The van der Waals surface area contributed by atoms with Crippen molar-refractivity contribution in [3.05, 3.63) is 0 Å². The van der Waals surface area contributed by atoms with Gasteiger partial charge in [-0.2, -0.15) is 0 Å². The van der Waals surface area contributed by atoms with Crippen LogP contribution in [0.15, 0.2) is 0 Å². The van der Waals surface area contributed by atoms with Crippen molar-refractivity contribution in [2.24, 2.45) is 5.41 Å². The zero-order valence-electron chi connectivity index (χ0n) is 12.1. The topological polar surface area (TPSA) is 50.4 Å². The summed E-state index contributed by atoms with van der Waals surface area (Å²) in [6.45, 7) is 9.48. The summed E-state index contributed by atoms with van der Waals surface area (Å²) in [4.78, 5) is 11.7. The summed E-state index contributed by atoms with van der Waals surface area (Å²) in [6, 6.07) is 0.318. The Hall–Kier alpha value is -0.610. The van der Waals surface area contributed by atoms with Gasteiger partial charge in [-0.1, -0.05) is 20.8 Å². The molecule has 1 saturated heterocycles. The Labute approximate surface area is 111 Å². The Kier molecular flexibility index (Phi) is 6.65. The second kappa shape index (κ2) is 7.74. The van der Waals surface area contributed by atoms with Crippen LogP contribution in [0.5, 0.6) is 0 Å². The molecule has 0 aromatic heterocycles. The summed E-state index contributed by atoms with van der Waals surface area (Å²) in [6.07, 6.45) is 4.15. The highest BCUT2D eigenvalue weighted by Gasteiger charge is 2.26. The highest BCUT2D eigenvalue weighted by atomic mass is 16.5. The highest BCUT2D eigenvalue weighted by Crippen LogP contribution is 2.28. The van der Waals surface area contributed by atoms with Gasteiger partial charge in [0.25, 0.3) is 0 Å². The zero-order valence-corrected chi connectivity index (χ0v) is 12.1. The van der Waals surface area contributed by atoms with E-state index in [0.717, 1.165) is 45.4 Å². The first kappa shape index (κ1) is 15.4. The second-order valence-electron chi connectivity index (χ2n) is 5.61. The van der Waals surface area contributed by atoms with Crippen LogP contribution in [0.25, 0.3) is 0 Å². The molecule has 1 fully saturated rings.